The van der Waals surface area contributed by atoms with E-state index in [2.05, 4.69) is 28.1 Å². The monoisotopic (exact) mass is 405 g/mol. The molecule has 3 aromatic rings. The highest BCUT2D eigenvalue weighted by atomic mass is 16.5. The molecule has 30 heavy (non-hydrogen) atoms. The minimum Gasteiger partial charge on any atom is -0.497 e. The fourth-order valence-electron chi connectivity index (χ4n) is 4.48. The molecule has 1 aromatic heterocycles. The van der Waals surface area contributed by atoms with Crippen molar-refractivity contribution in [2.75, 3.05) is 40.3 Å². The van der Waals surface area contributed by atoms with Gasteiger partial charge in [0.1, 0.15) is 11.4 Å². The molecule has 4 rings (SSSR count). The lowest BCUT2D eigenvalue weighted by atomic mass is 9.97. The molecule has 0 bridgehead atoms. The molecule has 5 heteroatoms. The number of carbonyl (C=O) groups is 1. The summed E-state index contributed by atoms with van der Waals surface area (Å²) in [6.45, 7) is 4.03. The maximum absolute atomic E-state index is 12.9. The minimum absolute atomic E-state index is 0.0692. The van der Waals surface area contributed by atoms with Crippen LogP contribution in [-0.2, 0) is 6.42 Å². The summed E-state index contributed by atoms with van der Waals surface area (Å²) in [4.78, 5) is 20.6. The van der Waals surface area contributed by atoms with Gasteiger partial charge in [0.2, 0.25) is 0 Å². The molecule has 1 amide bonds. The number of para-hydroxylation sites is 1. The molecule has 1 atom stereocenters. The van der Waals surface area contributed by atoms with Gasteiger partial charge in [0, 0.05) is 37.6 Å². The molecule has 1 N–H and O–H groups in total. The number of H-pyrrole nitrogens is 1. The lowest BCUT2D eigenvalue weighted by Crippen LogP contribution is -2.42. The summed E-state index contributed by atoms with van der Waals surface area (Å²) < 4.78 is 5.33. The fraction of sp³-hybridized carbons (Fsp3) is 0.400. The highest BCUT2D eigenvalue weighted by molar-refractivity contribution is 5.97. The van der Waals surface area contributed by atoms with E-state index in [0.717, 1.165) is 49.3 Å². The highest BCUT2D eigenvalue weighted by Gasteiger charge is 2.23. The van der Waals surface area contributed by atoms with Crippen molar-refractivity contribution in [1.29, 1.82) is 0 Å². The summed E-state index contributed by atoms with van der Waals surface area (Å²) in [5, 5.41) is 1.08. The number of rotatable bonds is 7. The lowest BCUT2D eigenvalue weighted by Gasteiger charge is -2.34. The van der Waals surface area contributed by atoms with Crippen molar-refractivity contribution in [2.45, 2.75) is 19.3 Å². The number of amides is 1. The number of nitrogens with one attached hydrogen (secondary N) is 1. The van der Waals surface area contributed by atoms with Crippen molar-refractivity contribution < 1.29 is 9.53 Å². The molecular formula is C25H31N3O2. The first-order valence-electron chi connectivity index (χ1n) is 10.8. The van der Waals surface area contributed by atoms with Crippen LogP contribution in [0.2, 0.25) is 0 Å². The maximum atomic E-state index is 12.9. The van der Waals surface area contributed by atoms with Crippen LogP contribution in [0.4, 0.5) is 0 Å². The molecule has 1 aliphatic rings. The number of nitrogens with zero attached hydrogens (tertiary/aromatic N) is 2. The van der Waals surface area contributed by atoms with Crippen LogP contribution in [0.3, 0.4) is 0 Å². The van der Waals surface area contributed by atoms with Crippen molar-refractivity contribution in [1.82, 2.24) is 14.8 Å². The van der Waals surface area contributed by atoms with Crippen molar-refractivity contribution in [3.63, 3.8) is 0 Å². The molecule has 2 heterocycles. The molecule has 2 aromatic carbocycles. The molecule has 1 saturated heterocycles. The van der Waals surface area contributed by atoms with Crippen LogP contribution >= 0.6 is 0 Å². The van der Waals surface area contributed by atoms with E-state index >= 15 is 0 Å². The fourth-order valence-corrected chi connectivity index (χ4v) is 4.48. The molecule has 0 saturated carbocycles. The van der Waals surface area contributed by atoms with Gasteiger partial charge in [-0.25, -0.2) is 0 Å². The first kappa shape index (κ1) is 20.5. The van der Waals surface area contributed by atoms with Gasteiger partial charge in [-0.1, -0.05) is 30.3 Å². The average molecular weight is 406 g/mol. The second-order valence-corrected chi connectivity index (χ2v) is 8.37. The van der Waals surface area contributed by atoms with Gasteiger partial charge >= 0.3 is 0 Å². The van der Waals surface area contributed by atoms with Crippen LogP contribution in [0.15, 0.2) is 54.6 Å². The van der Waals surface area contributed by atoms with E-state index in [4.69, 9.17) is 4.74 Å². The summed E-state index contributed by atoms with van der Waals surface area (Å²) in [7, 11) is 3.63. The summed E-state index contributed by atoms with van der Waals surface area (Å²) in [6.07, 6.45) is 3.39. The first-order chi connectivity index (χ1) is 14.6. The first-order valence-corrected chi connectivity index (χ1v) is 10.8. The largest absolute Gasteiger partial charge is 0.497 e. The Labute approximate surface area is 178 Å². The third kappa shape index (κ3) is 4.85. The number of hydrogen-bond donors (Lipinski definition) is 1. The lowest BCUT2D eigenvalue weighted by molar-refractivity contribution is 0.0725. The Balaban J connectivity index is 1.31. The van der Waals surface area contributed by atoms with Gasteiger partial charge in [0.25, 0.3) is 5.91 Å². The average Bonchev–Trinajstić information content (AvgIpc) is 3.22. The third-order valence-corrected chi connectivity index (χ3v) is 6.09. The SMILES string of the molecule is COc1cccc(CCN2CCCC(CN(C)C(=O)c3cc4ccccc4[nH]3)C2)c1. The Morgan fingerprint density at radius 2 is 2.07 bits per heavy atom. The van der Waals surface area contributed by atoms with E-state index in [9.17, 15) is 4.79 Å². The van der Waals surface area contributed by atoms with Crippen molar-refractivity contribution >= 4 is 16.8 Å². The molecule has 1 unspecified atom stereocenters. The number of hydrogen-bond acceptors (Lipinski definition) is 3. The third-order valence-electron chi connectivity index (χ3n) is 6.09. The number of aromatic amines is 1. The zero-order valence-corrected chi connectivity index (χ0v) is 17.9. The standard InChI is InChI=1S/C25H31N3O2/c1-27(25(29)24-16-21-9-3-4-11-23(21)26-24)17-20-8-6-13-28(18-20)14-12-19-7-5-10-22(15-19)30-2/h3-5,7,9-11,15-16,20,26H,6,8,12-14,17-18H2,1-2H3. The van der Waals surface area contributed by atoms with Crippen LogP contribution in [0.25, 0.3) is 10.9 Å². The number of aromatic nitrogens is 1. The van der Waals surface area contributed by atoms with Gasteiger partial charge in [-0.3, -0.25) is 4.79 Å². The number of piperidine rings is 1. The van der Waals surface area contributed by atoms with Crippen LogP contribution in [-0.4, -0.2) is 61.0 Å². The summed E-state index contributed by atoms with van der Waals surface area (Å²) in [6, 6.07) is 18.3. The van der Waals surface area contributed by atoms with E-state index in [1.807, 2.05) is 48.3 Å². The predicted molar refractivity (Wildman–Crippen MR) is 121 cm³/mol. The molecular weight excluding hydrogens is 374 g/mol. The van der Waals surface area contributed by atoms with Crippen LogP contribution in [0, 0.1) is 5.92 Å². The summed E-state index contributed by atoms with van der Waals surface area (Å²) in [5.41, 5.74) is 2.99. The van der Waals surface area contributed by atoms with Gasteiger partial charge in [0.05, 0.1) is 7.11 Å². The van der Waals surface area contributed by atoms with E-state index in [1.165, 1.54) is 18.4 Å². The topological polar surface area (TPSA) is 48.6 Å². The second-order valence-electron chi connectivity index (χ2n) is 8.37. The van der Waals surface area contributed by atoms with Gasteiger partial charge in [-0.15, -0.1) is 0 Å². The molecule has 158 valence electrons. The molecule has 1 fully saturated rings. The zero-order chi connectivity index (χ0) is 20.9. The smallest absolute Gasteiger partial charge is 0.270 e. The van der Waals surface area contributed by atoms with E-state index in [0.29, 0.717) is 11.6 Å². The normalized spacial score (nSPS) is 17.2. The number of likely N-dealkylation sites (tertiary alicyclic amines) is 1. The molecule has 5 nitrogen and oxygen atoms in total. The van der Waals surface area contributed by atoms with Gasteiger partial charge in [-0.2, -0.15) is 0 Å². The Bertz CT molecular complexity index is 964. The molecule has 0 radical (unpaired) electrons. The van der Waals surface area contributed by atoms with Gasteiger partial charge in [0.15, 0.2) is 0 Å². The van der Waals surface area contributed by atoms with Crippen molar-refractivity contribution in [2.24, 2.45) is 5.92 Å². The summed E-state index contributed by atoms with van der Waals surface area (Å²) in [5.74, 6) is 1.50. The Morgan fingerprint density at radius 1 is 1.20 bits per heavy atom. The van der Waals surface area contributed by atoms with Gasteiger partial charge < -0.3 is 19.5 Å². The number of benzene rings is 2. The van der Waals surface area contributed by atoms with Crippen LogP contribution in [0.1, 0.15) is 28.9 Å². The van der Waals surface area contributed by atoms with E-state index in [1.54, 1.807) is 7.11 Å². The number of methoxy groups -OCH3 is 1. The molecule has 0 aliphatic carbocycles. The predicted octanol–water partition coefficient (Wildman–Crippen LogP) is 4.20. The van der Waals surface area contributed by atoms with Gasteiger partial charge in [-0.05, 0) is 61.6 Å². The van der Waals surface area contributed by atoms with E-state index in [-0.39, 0.29) is 5.91 Å². The zero-order valence-electron chi connectivity index (χ0n) is 17.9. The number of fused-ring (bicyclic) bond motifs is 1. The maximum Gasteiger partial charge on any atom is 0.270 e. The Morgan fingerprint density at radius 3 is 2.90 bits per heavy atom. The van der Waals surface area contributed by atoms with Crippen molar-refractivity contribution in [3.05, 3.63) is 65.9 Å². The number of ether oxygens (including phenoxy) is 1. The van der Waals surface area contributed by atoms with Crippen LogP contribution < -0.4 is 4.74 Å². The van der Waals surface area contributed by atoms with E-state index < -0.39 is 0 Å². The molecule has 0 spiro atoms. The second kappa shape index (κ2) is 9.35. The van der Waals surface area contributed by atoms with Crippen molar-refractivity contribution in [3.8, 4) is 5.75 Å². The quantitative estimate of drug-likeness (QED) is 0.641. The summed E-state index contributed by atoms with van der Waals surface area (Å²) >= 11 is 0. The van der Waals surface area contributed by atoms with Crippen LogP contribution in [0.5, 0.6) is 5.75 Å². The molecule has 1 aliphatic heterocycles. The highest BCUT2D eigenvalue weighted by Crippen LogP contribution is 2.21. The Kier molecular flexibility index (Phi) is 6.38. The Hall–Kier alpha value is -2.79. The minimum atomic E-state index is 0.0692. The number of carbonyl (C=O) groups excluding carboxylic acids is 1.